The monoisotopic (exact) mass is 258 g/mol. The van der Waals surface area contributed by atoms with Crippen molar-refractivity contribution in [1.29, 1.82) is 0 Å². The quantitative estimate of drug-likeness (QED) is 0.857. The molecular formula is C17H19FO. The Morgan fingerprint density at radius 3 is 2.47 bits per heavy atom. The van der Waals surface area contributed by atoms with Crippen LogP contribution in [-0.2, 0) is 12.8 Å². The predicted molar refractivity (Wildman–Crippen MR) is 75.5 cm³/mol. The van der Waals surface area contributed by atoms with Crippen molar-refractivity contribution in [2.75, 3.05) is 0 Å². The van der Waals surface area contributed by atoms with E-state index < -0.39 is 6.10 Å². The van der Waals surface area contributed by atoms with Gasteiger partial charge in [-0.2, -0.15) is 0 Å². The molecular weight excluding hydrogens is 239 g/mol. The number of aliphatic hydroxyl groups excluding tert-OH is 1. The van der Waals surface area contributed by atoms with Crippen LogP contribution >= 0.6 is 0 Å². The zero-order chi connectivity index (χ0) is 13.7. The molecule has 1 unspecified atom stereocenters. The summed E-state index contributed by atoms with van der Waals surface area (Å²) < 4.78 is 12.8. The Labute approximate surface area is 113 Å². The average molecular weight is 258 g/mol. The van der Waals surface area contributed by atoms with Gasteiger partial charge in [-0.25, -0.2) is 4.39 Å². The lowest BCUT2D eigenvalue weighted by atomic mass is 9.98. The molecule has 2 rings (SSSR count). The van der Waals surface area contributed by atoms with Crippen LogP contribution in [0.1, 0.15) is 36.1 Å². The minimum atomic E-state index is -0.540. The molecule has 0 fully saturated rings. The standard InChI is InChI=1S/C17H19FO/c1-2-4-13-5-3-6-15(11-13)17(19)12-14-7-9-16(18)10-8-14/h3,5-11,17,19H,2,4,12H2,1H3. The molecule has 0 radical (unpaired) electrons. The molecule has 19 heavy (non-hydrogen) atoms. The van der Waals surface area contributed by atoms with E-state index in [9.17, 15) is 9.50 Å². The highest BCUT2D eigenvalue weighted by atomic mass is 19.1. The van der Waals surface area contributed by atoms with Crippen LogP contribution < -0.4 is 0 Å². The van der Waals surface area contributed by atoms with E-state index in [-0.39, 0.29) is 5.82 Å². The summed E-state index contributed by atoms with van der Waals surface area (Å²) in [6.45, 7) is 2.14. The summed E-state index contributed by atoms with van der Waals surface area (Å²) in [5.41, 5.74) is 3.11. The Hall–Kier alpha value is -1.67. The van der Waals surface area contributed by atoms with Crippen LogP contribution in [-0.4, -0.2) is 5.11 Å². The second-order valence-electron chi connectivity index (χ2n) is 4.84. The zero-order valence-electron chi connectivity index (χ0n) is 11.1. The fraction of sp³-hybridized carbons (Fsp3) is 0.294. The van der Waals surface area contributed by atoms with E-state index in [1.807, 2.05) is 12.1 Å². The smallest absolute Gasteiger partial charge is 0.123 e. The molecule has 100 valence electrons. The summed E-state index contributed by atoms with van der Waals surface area (Å²) in [7, 11) is 0. The normalized spacial score (nSPS) is 12.4. The molecule has 0 amide bonds. The van der Waals surface area contributed by atoms with Crippen LogP contribution in [0.15, 0.2) is 48.5 Å². The summed E-state index contributed by atoms with van der Waals surface area (Å²) >= 11 is 0. The molecule has 0 spiro atoms. The van der Waals surface area contributed by atoms with E-state index in [2.05, 4.69) is 19.1 Å². The fourth-order valence-electron chi connectivity index (χ4n) is 2.21. The van der Waals surface area contributed by atoms with Gasteiger partial charge in [-0.05, 0) is 35.2 Å². The highest BCUT2D eigenvalue weighted by molar-refractivity contribution is 5.27. The van der Waals surface area contributed by atoms with Gasteiger partial charge in [-0.3, -0.25) is 0 Å². The van der Waals surface area contributed by atoms with Gasteiger partial charge in [0, 0.05) is 6.42 Å². The summed E-state index contributed by atoms with van der Waals surface area (Å²) in [4.78, 5) is 0. The number of aliphatic hydroxyl groups is 1. The van der Waals surface area contributed by atoms with Crippen molar-refractivity contribution in [1.82, 2.24) is 0 Å². The average Bonchev–Trinajstić information content (AvgIpc) is 2.42. The highest BCUT2D eigenvalue weighted by Crippen LogP contribution is 2.20. The van der Waals surface area contributed by atoms with Gasteiger partial charge in [0.2, 0.25) is 0 Å². The Kier molecular flexibility index (Phi) is 4.69. The third-order valence-electron chi connectivity index (χ3n) is 3.22. The molecule has 1 N–H and O–H groups in total. The van der Waals surface area contributed by atoms with Crippen LogP contribution in [0.2, 0.25) is 0 Å². The Balaban J connectivity index is 2.08. The molecule has 2 aromatic carbocycles. The minimum absolute atomic E-state index is 0.247. The van der Waals surface area contributed by atoms with Gasteiger partial charge in [0.05, 0.1) is 6.10 Å². The van der Waals surface area contributed by atoms with Crippen molar-refractivity contribution in [2.24, 2.45) is 0 Å². The molecule has 0 heterocycles. The lowest BCUT2D eigenvalue weighted by Gasteiger charge is -2.12. The third-order valence-corrected chi connectivity index (χ3v) is 3.22. The van der Waals surface area contributed by atoms with Crippen LogP contribution in [0.5, 0.6) is 0 Å². The highest BCUT2D eigenvalue weighted by Gasteiger charge is 2.09. The van der Waals surface area contributed by atoms with Crippen molar-refractivity contribution in [2.45, 2.75) is 32.3 Å². The van der Waals surface area contributed by atoms with Gasteiger partial charge in [-0.1, -0.05) is 49.7 Å². The second-order valence-corrected chi connectivity index (χ2v) is 4.84. The van der Waals surface area contributed by atoms with Crippen molar-refractivity contribution >= 4 is 0 Å². The van der Waals surface area contributed by atoms with Gasteiger partial charge in [0.25, 0.3) is 0 Å². The minimum Gasteiger partial charge on any atom is -0.388 e. The first kappa shape index (κ1) is 13.8. The topological polar surface area (TPSA) is 20.2 Å². The molecule has 2 aromatic rings. The maximum atomic E-state index is 12.8. The Morgan fingerprint density at radius 1 is 1.05 bits per heavy atom. The van der Waals surface area contributed by atoms with Crippen LogP contribution in [0.25, 0.3) is 0 Å². The van der Waals surface area contributed by atoms with Gasteiger partial charge in [-0.15, -0.1) is 0 Å². The SMILES string of the molecule is CCCc1cccc(C(O)Cc2ccc(F)cc2)c1. The number of halogens is 1. The molecule has 2 heteroatoms. The molecule has 0 aromatic heterocycles. The van der Waals surface area contributed by atoms with Gasteiger partial charge < -0.3 is 5.11 Å². The van der Waals surface area contributed by atoms with Crippen molar-refractivity contribution in [3.63, 3.8) is 0 Å². The lowest BCUT2D eigenvalue weighted by molar-refractivity contribution is 0.178. The zero-order valence-corrected chi connectivity index (χ0v) is 11.1. The maximum absolute atomic E-state index is 12.8. The van der Waals surface area contributed by atoms with Crippen LogP contribution in [0.4, 0.5) is 4.39 Å². The van der Waals surface area contributed by atoms with Gasteiger partial charge in [0.1, 0.15) is 5.82 Å². The van der Waals surface area contributed by atoms with E-state index >= 15 is 0 Å². The van der Waals surface area contributed by atoms with Gasteiger partial charge in [0.15, 0.2) is 0 Å². The van der Waals surface area contributed by atoms with E-state index in [1.165, 1.54) is 17.7 Å². The Bertz CT molecular complexity index is 519. The van der Waals surface area contributed by atoms with Crippen molar-refractivity contribution in [3.05, 3.63) is 71.0 Å². The summed E-state index contributed by atoms with van der Waals surface area (Å²) in [5.74, 6) is -0.247. The largest absolute Gasteiger partial charge is 0.388 e. The number of rotatable bonds is 5. The molecule has 0 saturated carbocycles. The first-order chi connectivity index (χ1) is 9.19. The summed E-state index contributed by atoms with van der Waals surface area (Å²) in [5, 5.41) is 10.2. The first-order valence-corrected chi connectivity index (χ1v) is 6.70. The number of benzene rings is 2. The first-order valence-electron chi connectivity index (χ1n) is 6.70. The van der Waals surface area contributed by atoms with E-state index in [0.29, 0.717) is 6.42 Å². The molecule has 0 aliphatic heterocycles. The van der Waals surface area contributed by atoms with Crippen LogP contribution in [0, 0.1) is 5.82 Å². The van der Waals surface area contributed by atoms with Crippen molar-refractivity contribution < 1.29 is 9.50 Å². The molecule has 0 aliphatic carbocycles. The predicted octanol–water partition coefficient (Wildman–Crippen LogP) is 4.05. The Morgan fingerprint density at radius 2 is 1.79 bits per heavy atom. The lowest BCUT2D eigenvalue weighted by Crippen LogP contribution is -2.02. The fourth-order valence-corrected chi connectivity index (χ4v) is 2.21. The number of hydrogen-bond donors (Lipinski definition) is 1. The number of hydrogen-bond acceptors (Lipinski definition) is 1. The van der Waals surface area contributed by atoms with E-state index in [0.717, 1.165) is 24.0 Å². The summed E-state index contributed by atoms with van der Waals surface area (Å²) in [6, 6.07) is 14.3. The molecule has 0 saturated heterocycles. The van der Waals surface area contributed by atoms with Crippen LogP contribution in [0.3, 0.4) is 0 Å². The second kappa shape index (κ2) is 6.48. The molecule has 1 atom stereocenters. The number of aryl methyl sites for hydroxylation is 1. The van der Waals surface area contributed by atoms with E-state index in [1.54, 1.807) is 12.1 Å². The molecule has 0 aliphatic rings. The summed E-state index contributed by atoms with van der Waals surface area (Å²) in [6.07, 6.45) is 2.09. The maximum Gasteiger partial charge on any atom is 0.123 e. The molecule has 1 nitrogen and oxygen atoms in total. The van der Waals surface area contributed by atoms with Gasteiger partial charge >= 0.3 is 0 Å². The third kappa shape index (κ3) is 3.90. The van der Waals surface area contributed by atoms with E-state index in [4.69, 9.17) is 0 Å². The van der Waals surface area contributed by atoms with Crippen molar-refractivity contribution in [3.8, 4) is 0 Å². The molecule has 0 bridgehead atoms.